The Bertz CT molecular complexity index is 338. The summed E-state index contributed by atoms with van der Waals surface area (Å²) in [5, 5.41) is -0.236. The van der Waals surface area contributed by atoms with E-state index in [0.29, 0.717) is 6.61 Å². The Hall–Kier alpha value is -0.710. The second-order valence-electron chi connectivity index (χ2n) is 4.53. The quantitative estimate of drug-likeness (QED) is 0.426. The molecule has 0 bridgehead atoms. The Morgan fingerprint density at radius 3 is 2.35 bits per heavy atom. The number of carbonyl (C=O) groups excluding carboxylic acids is 1. The highest BCUT2D eigenvalue weighted by molar-refractivity contribution is 8.13. The molecule has 0 saturated carbocycles. The van der Waals surface area contributed by atoms with Crippen molar-refractivity contribution < 1.29 is 26.4 Å². The normalized spacial score (nSPS) is 10.5. The summed E-state index contributed by atoms with van der Waals surface area (Å²) < 4.78 is 5.93. The van der Waals surface area contributed by atoms with Crippen molar-refractivity contribution in [1.29, 1.82) is 0 Å². The van der Waals surface area contributed by atoms with Gasteiger partial charge >= 0.3 is 5.30 Å². The zero-order chi connectivity index (χ0) is 12.0. The van der Waals surface area contributed by atoms with Crippen molar-refractivity contribution in [1.82, 2.24) is 0 Å². The molecule has 0 unspecified atom stereocenters. The molecule has 1 aromatic rings. The Labute approximate surface area is 113 Å². The molecule has 0 aromatic heterocycles. The van der Waals surface area contributed by atoms with E-state index in [4.69, 9.17) is 4.74 Å². The molecule has 1 rings (SSSR count). The van der Waals surface area contributed by atoms with Crippen LogP contribution in [0.3, 0.4) is 0 Å². The van der Waals surface area contributed by atoms with Crippen LogP contribution < -0.4 is 12.4 Å². The lowest BCUT2D eigenvalue weighted by Gasteiger charge is -2.23. The zero-order valence-corrected chi connectivity index (χ0v) is 11.9. The van der Waals surface area contributed by atoms with Crippen molar-refractivity contribution in [3.05, 3.63) is 30.3 Å². The van der Waals surface area contributed by atoms with E-state index >= 15 is 0 Å². The average molecular weight is 276 g/mol. The van der Waals surface area contributed by atoms with Gasteiger partial charge in [-0.15, -0.1) is 0 Å². The molecule has 0 spiro atoms. The molecule has 0 radical (unpaired) electrons. The van der Waals surface area contributed by atoms with E-state index < -0.39 is 0 Å². The van der Waals surface area contributed by atoms with Crippen molar-refractivity contribution >= 4 is 17.1 Å². The van der Waals surface area contributed by atoms with Gasteiger partial charge in [0.2, 0.25) is 0 Å². The SMILES string of the molecule is C[N+](C)(C)CCOC(=O)Sc1ccccc1.[Cl-]. The summed E-state index contributed by atoms with van der Waals surface area (Å²) in [5.41, 5.74) is 0. The van der Waals surface area contributed by atoms with Crippen LogP contribution in [0.5, 0.6) is 0 Å². The van der Waals surface area contributed by atoms with Gasteiger partial charge in [0.15, 0.2) is 0 Å². The third-order valence-electron chi connectivity index (χ3n) is 1.93. The van der Waals surface area contributed by atoms with Crippen LogP contribution in [0, 0.1) is 0 Å². The summed E-state index contributed by atoms with van der Waals surface area (Å²) in [4.78, 5) is 12.3. The van der Waals surface area contributed by atoms with Crippen molar-refractivity contribution in [2.24, 2.45) is 0 Å². The number of hydrogen-bond donors (Lipinski definition) is 0. The number of quaternary nitrogens is 1. The van der Waals surface area contributed by atoms with Crippen molar-refractivity contribution in [3.8, 4) is 0 Å². The van der Waals surface area contributed by atoms with Crippen molar-refractivity contribution in [2.45, 2.75) is 4.90 Å². The average Bonchev–Trinajstić information content (AvgIpc) is 2.17. The van der Waals surface area contributed by atoms with Crippen LogP contribution in [0.4, 0.5) is 4.79 Å². The standard InChI is InChI=1S/C12H18NO2S.ClH/c1-13(2,3)9-10-15-12(14)16-11-7-5-4-6-8-11;/h4-8H,9-10H2,1-3H3;1H/q+1;/p-1. The van der Waals surface area contributed by atoms with Crippen LogP contribution in [0.1, 0.15) is 0 Å². The molecule has 3 nitrogen and oxygen atoms in total. The number of benzene rings is 1. The predicted octanol–water partition coefficient (Wildman–Crippen LogP) is -0.374. The Balaban J connectivity index is 0.00000256. The first kappa shape index (κ1) is 16.3. The first-order valence-electron chi connectivity index (χ1n) is 5.17. The van der Waals surface area contributed by atoms with Crippen molar-refractivity contribution in [3.63, 3.8) is 0 Å². The summed E-state index contributed by atoms with van der Waals surface area (Å²) >= 11 is 1.13. The van der Waals surface area contributed by atoms with Gasteiger partial charge in [0, 0.05) is 4.90 Å². The monoisotopic (exact) mass is 275 g/mol. The van der Waals surface area contributed by atoms with Crippen LogP contribution in [0.2, 0.25) is 0 Å². The molecule has 0 aliphatic rings. The van der Waals surface area contributed by atoms with Gasteiger partial charge in [0.1, 0.15) is 13.2 Å². The van der Waals surface area contributed by atoms with Crippen LogP contribution in [-0.2, 0) is 4.74 Å². The molecule has 5 heteroatoms. The third kappa shape index (κ3) is 8.07. The van der Waals surface area contributed by atoms with Gasteiger partial charge in [-0.1, -0.05) is 18.2 Å². The maximum atomic E-state index is 11.4. The number of hydrogen-bond acceptors (Lipinski definition) is 3. The number of likely N-dealkylation sites (N-methyl/N-ethyl adjacent to an activating group) is 1. The maximum absolute atomic E-state index is 11.4. The molecule has 0 fully saturated rings. The lowest BCUT2D eigenvalue weighted by Crippen LogP contribution is -3.00. The van der Waals surface area contributed by atoms with E-state index in [1.807, 2.05) is 30.3 Å². The molecule has 96 valence electrons. The van der Waals surface area contributed by atoms with E-state index in [-0.39, 0.29) is 17.7 Å². The highest BCUT2D eigenvalue weighted by atomic mass is 35.5. The Morgan fingerprint density at radius 2 is 1.82 bits per heavy atom. The molecule has 1 aromatic carbocycles. The van der Waals surface area contributed by atoms with Gasteiger partial charge in [0.05, 0.1) is 21.1 Å². The highest BCUT2D eigenvalue weighted by Crippen LogP contribution is 2.19. The highest BCUT2D eigenvalue weighted by Gasteiger charge is 2.10. The largest absolute Gasteiger partial charge is 1.00 e. The number of carbonyl (C=O) groups is 1. The minimum absolute atomic E-state index is 0. The summed E-state index contributed by atoms with van der Waals surface area (Å²) in [6.45, 7) is 1.28. The van der Waals surface area contributed by atoms with E-state index in [0.717, 1.165) is 27.7 Å². The topological polar surface area (TPSA) is 26.3 Å². The number of nitrogens with zero attached hydrogens (tertiary/aromatic N) is 1. The lowest BCUT2D eigenvalue weighted by atomic mass is 10.4. The Kier molecular flexibility index (Phi) is 7.27. The fourth-order valence-corrected chi connectivity index (χ4v) is 1.64. The molecule has 0 saturated heterocycles. The second-order valence-corrected chi connectivity index (χ2v) is 5.54. The van der Waals surface area contributed by atoms with E-state index in [9.17, 15) is 4.79 Å². The van der Waals surface area contributed by atoms with Crippen molar-refractivity contribution in [2.75, 3.05) is 34.3 Å². The molecular weight excluding hydrogens is 258 g/mol. The molecule has 17 heavy (non-hydrogen) atoms. The predicted molar refractivity (Wildman–Crippen MR) is 66.5 cm³/mol. The molecule has 0 N–H and O–H groups in total. The van der Waals surface area contributed by atoms with E-state index in [2.05, 4.69) is 21.1 Å². The minimum atomic E-state index is -0.236. The minimum Gasteiger partial charge on any atom is -1.00 e. The van der Waals surface area contributed by atoms with Gasteiger partial charge in [-0.25, -0.2) is 4.79 Å². The van der Waals surface area contributed by atoms with E-state index in [1.54, 1.807) is 0 Å². The maximum Gasteiger partial charge on any atom is 0.372 e. The fraction of sp³-hybridized carbons (Fsp3) is 0.417. The Morgan fingerprint density at radius 1 is 1.24 bits per heavy atom. The van der Waals surface area contributed by atoms with Crippen LogP contribution in [-0.4, -0.2) is 44.1 Å². The van der Waals surface area contributed by atoms with Crippen LogP contribution >= 0.6 is 11.8 Å². The number of ether oxygens (including phenoxy) is 1. The molecule has 0 aliphatic heterocycles. The van der Waals surface area contributed by atoms with Gasteiger partial charge in [-0.3, -0.25) is 0 Å². The van der Waals surface area contributed by atoms with Crippen LogP contribution in [0.25, 0.3) is 0 Å². The number of rotatable bonds is 4. The third-order valence-corrected chi connectivity index (χ3v) is 2.72. The van der Waals surface area contributed by atoms with Gasteiger partial charge < -0.3 is 21.6 Å². The lowest BCUT2D eigenvalue weighted by molar-refractivity contribution is -0.870. The molecule has 0 aliphatic carbocycles. The summed E-state index contributed by atoms with van der Waals surface area (Å²) in [5.74, 6) is 0. The summed E-state index contributed by atoms with van der Waals surface area (Å²) in [7, 11) is 6.20. The first-order chi connectivity index (χ1) is 7.47. The van der Waals surface area contributed by atoms with E-state index in [1.165, 1.54) is 0 Å². The second kappa shape index (κ2) is 7.58. The van der Waals surface area contributed by atoms with Crippen LogP contribution in [0.15, 0.2) is 35.2 Å². The number of thioether (sulfide) groups is 1. The van der Waals surface area contributed by atoms with Gasteiger partial charge in [-0.2, -0.15) is 0 Å². The molecule has 0 heterocycles. The molecular formula is C12H18ClNO2S. The fourth-order valence-electron chi connectivity index (χ4n) is 1.02. The van der Waals surface area contributed by atoms with Gasteiger partial charge in [0.25, 0.3) is 0 Å². The first-order valence-corrected chi connectivity index (χ1v) is 5.99. The molecule has 0 amide bonds. The summed E-state index contributed by atoms with van der Waals surface area (Å²) in [6.07, 6.45) is 0. The smallest absolute Gasteiger partial charge is 0.372 e. The zero-order valence-electron chi connectivity index (χ0n) is 10.4. The number of halogens is 1. The summed E-state index contributed by atoms with van der Waals surface area (Å²) in [6, 6.07) is 9.52. The molecule has 0 atom stereocenters. The van der Waals surface area contributed by atoms with Gasteiger partial charge in [-0.05, 0) is 23.9 Å².